The van der Waals surface area contributed by atoms with Crippen molar-refractivity contribution in [3.8, 4) is 5.75 Å². The Balaban J connectivity index is 1.53. The predicted molar refractivity (Wildman–Crippen MR) is 114 cm³/mol. The van der Waals surface area contributed by atoms with Crippen molar-refractivity contribution in [1.82, 2.24) is 4.57 Å². The van der Waals surface area contributed by atoms with Crippen molar-refractivity contribution in [2.75, 3.05) is 26.9 Å². The number of aromatic nitrogens is 1. The van der Waals surface area contributed by atoms with Crippen LogP contribution in [0.25, 0.3) is 11.0 Å². The first-order valence-corrected chi connectivity index (χ1v) is 9.90. The number of benzene rings is 1. The zero-order chi connectivity index (χ0) is 22.4. The van der Waals surface area contributed by atoms with Crippen LogP contribution in [0.15, 0.2) is 45.6 Å². The maximum atomic E-state index is 12.5. The van der Waals surface area contributed by atoms with Gasteiger partial charge in [-0.15, -0.1) is 0 Å². The number of fused-ring (bicyclic) bond motifs is 1. The fourth-order valence-electron chi connectivity index (χ4n) is 3.33. The van der Waals surface area contributed by atoms with Crippen LogP contribution in [0.5, 0.6) is 5.75 Å². The van der Waals surface area contributed by atoms with Crippen LogP contribution in [0.1, 0.15) is 28.2 Å². The summed E-state index contributed by atoms with van der Waals surface area (Å²) < 4.78 is 22.7. The Labute approximate surface area is 179 Å². The average Bonchev–Trinajstić information content (AvgIpc) is 3.04. The molecule has 0 unspecified atom stereocenters. The molecule has 0 radical (unpaired) electrons. The summed E-state index contributed by atoms with van der Waals surface area (Å²) in [6, 6.07) is 9.66. The van der Waals surface area contributed by atoms with Crippen LogP contribution < -0.4 is 10.4 Å². The van der Waals surface area contributed by atoms with Crippen LogP contribution in [0.4, 0.5) is 0 Å². The Kier molecular flexibility index (Phi) is 7.25. The van der Waals surface area contributed by atoms with Crippen molar-refractivity contribution in [1.29, 1.82) is 0 Å². The van der Waals surface area contributed by atoms with E-state index in [1.54, 1.807) is 31.4 Å². The molecule has 2 aromatic heterocycles. The Morgan fingerprint density at radius 2 is 1.84 bits per heavy atom. The fourth-order valence-corrected chi connectivity index (χ4v) is 3.33. The minimum Gasteiger partial charge on any atom is -0.482 e. The molecule has 31 heavy (non-hydrogen) atoms. The van der Waals surface area contributed by atoms with Gasteiger partial charge in [0.25, 0.3) is 0 Å². The highest BCUT2D eigenvalue weighted by molar-refractivity contribution is 5.99. The average molecular weight is 427 g/mol. The second kappa shape index (κ2) is 10.1. The number of ketones is 1. The maximum absolute atomic E-state index is 12.5. The van der Waals surface area contributed by atoms with Gasteiger partial charge in [0.15, 0.2) is 13.2 Å². The van der Waals surface area contributed by atoms with Crippen LogP contribution in [-0.4, -0.2) is 43.3 Å². The molecular formula is C23H25NO7. The van der Waals surface area contributed by atoms with Gasteiger partial charge in [-0.05, 0) is 44.5 Å². The standard InChI is InChI=1S/C23H25NO7/c1-15-11-19(16(2)24(15)9-4-10-28-3)20(25)13-30-23(27)14-29-18-7-5-17-6-8-22(26)31-21(17)12-18/h5-8,11-12H,4,9-10,13-14H2,1-3H3. The van der Waals surface area contributed by atoms with Crippen LogP contribution in [0, 0.1) is 13.8 Å². The molecule has 8 nitrogen and oxygen atoms in total. The lowest BCUT2D eigenvalue weighted by Gasteiger charge is -2.09. The lowest BCUT2D eigenvalue weighted by molar-refractivity contribution is -0.144. The third kappa shape index (κ3) is 5.61. The number of hydrogen-bond acceptors (Lipinski definition) is 7. The Bertz CT molecular complexity index is 1140. The molecule has 0 aliphatic heterocycles. The molecule has 0 bridgehead atoms. The van der Waals surface area contributed by atoms with Gasteiger partial charge >= 0.3 is 11.6 Å². The number of Topliss-reactive ketones (excluding diaryl/α,β-unsaturated/α-hetero) is 1. The van der Waals surface area contributed by atoms with Crippen LogP contribution in [0.3, 0.4) is 0 Å². The number of hydrogen-bond donors (Lipinski definition) is 0. The number of rotatable bonds is 10. The summed E-state index contributed by atoms with van der Waals surface area (Å²) >= 11 is 0. The minimum atomic E-state index is -0.670. The summed E-state index contributed by atoms with van der Waals surface area (Å²) in [5.74, 6) is -0.589. The maximum Gasteiger partial charge on any atom is 0.344 e. The molecule has 0 aliphatic rings. The summed E-state index contributed by atoms with van der Waals surface area (Å²) in [4.78, 5) is 35.8. The highest BCUT2D eigenvalue weighted by Crippen LogP contribution is 2.20. The normalized spacial score (nSPS) is 10.9. The van der Waals surface area contributed by atoms with Gasteiger partial charge in [-0.1, -0.05) is 0 Å². The molecule has 8 heteroatoms. The van der Waals surface area contributed by atoms with E-state index >= 15 is 0 Å². The van der Waals surface area contributed by atoms with Gasteiger partial charge in [0.1, 0.15) is 11.3 Å². The zero-order valence-electron chi connectivity index (χ0n) is 17.8. The van der Waals surface area contributed by atoms with Gasteiger partial charge in [0.05, 0.1) is 0 Å². The topological polar surface area (TPSA) is 97.0 Å². The smallest absolute Gasteiger partial charge is 0.344 e. The molecule has 0 saturated carbocycles. The SMILES string of the molecule is COCCCn1c(C)cc(C(=O)COC(=O)COc2ccc3ccc(=O)oc3c2)c1C. The van der Waals surface area contributed by atoms with E-state index in [1.807, 2.05) is 13.8 Å². The first-order chi connectivity index (χ1) is 14.9. The van der Waals surface area contributed by atoms with Crippen molar-refractivity contribution in [2.45, 2.75) is 26.8 Å². The van der Waals surface area contributed by atoms with Crippen LogP contribution in [0.2, 0.25) is 0 Å². The van der Waals surface area contributed by atoms with Crippen molar-refractivity contribution >= 4 is 22.7 Å². The molecule has 0 N–H and O–H groups in total. The Morgan fingerprint density at radius 1 is 1.06 bits per heavy atom. The van der Waals surface area contributed by atoms with Crippen molar-refractivity contribution < 1.29 is 28.2 Å². The van der Waals surface area contributed by atoms with Gasteiger partial charge in [-0.2, -0.15) is 0 Å². The van der Waals surface area contributed by atoms with E-state index in [4.69, 9.17) is 18.6 Å². The summed E-state index contributed by atoms with van der Waals surface area (Å²) in [5.41, 5.74) is 2.22. The van der Waals surface area contributed by atoms with Gasteiger partial charge in [-0.25, -0.2) is 9.59 Å². The lowest BCUT2D eigenvalue weighted by Crippen LogP contribution is -2.20. The molecule has 0 aliphatic carbocycles. The Hall–Kier alpha value is -3.39. The molecule has 164 valence electrons. The number of carbonyl (C=O) groups excluding carboxylic acids is 2. The number of methoxy groups -OCH3 is 1. The number of nitrogens with zero attached hydrogens (tertiary/aromatic N) is 1. The molecule has 0 fully saturated rings. The third-order valence-corrected chi connectivity index (χ3v) is 4.92. The molecule has 3 rings (SSSR count). The molecule has 0 saturated heterocycles. The summed E-state index contributed by atoms with van der Waals surface area (Å²) in [6.45, 7) is 4.46. The van der Waals surface area contributed by atoms with E-state index in [1.165, 1.54) is 12.1 Å². The largest absolute Gasteiger partial charge is 0.482 e. The van der Waals surface area contributed by atoms with E-state index in [0.29, 0.717) is 23.5 Å². The molecule has 0 atom stereocenters. The Morgan fingerprint density at radius 3 is 2.61 bits per heavy atom. The first kappa shape index (κ1) is 22.3. The van der Waals surface area contributed by atoms with Crippen LogP contribution in [-0.2, 0) is 20.8 Å². The number of carbonyl (C=O) groups is 2. The number of esters is 1. The summed E-state index contributed by atoms with van der Waals surface area (Å²) in [5, 5.41) is 0.736. The van der Waals surface area contributed by atoms with Crippen molar-refractivity contribution in [2.24, 2.45) is 0 Å². The second-order valence-electron chi connectivity index (χ2n) is 7.11. The quantitative estimate of drug-likeness (QED) is 0.212. The molecule has 1 aromatic carbocycles. The number of ether oxygens (including phenoxy) is 3. The minimum absolute atomic E-state index is 0.271. The molecule has 0 amide bonds. The van der Waals surface area contributed by atoms with Crippen molar-refractivity contribution in [3.05, 3.63) is 63.8 Å². The predicted octanol–water partition coefficient (Wildman–Crippen LogP) is 3.05. The van der Waals surface area contributed by atoms with Crippen molar-refractivity contribution in [3.63, 3.8) is 0 Å². The van der Waals surface area contributed by atoms with E-state index in [0.717, 1.165) is 29.7 Å². The fraction of sp³-hybridized carbons (Fsp3) is 0.348. The van der Waals surface area contributed by atoms with Gasteiger partial charge in [0, 0.05) is 54.7 Å². The third-order valence-electron chi connectivity index (χ3n) is 4.92. The van der Waals surface area contributed by atoms with E-state index in [-0.39, 0.29) is 19.0 Å². The molecule has 2 heterocycles. The number of aryl methyl sites for hydroxylation is 1. The lowest BCUT2D eigenvalue weighted by atomic mass is 10.1. The van der Waals surface area contributed by atoms with Gasteiger partial charge in [-0.3, -0.25) is 4.79 Å². The van der Waals surface area contributed by atoms with E-state index < -0.39 is 11.6 Å². The monoisotopic (exact) mass is 427 g/mol. The van der Waals surface area contributed by atoms with Gasteiger partial charge in [0.2, 0.25) is 5.78 Å². The zero-order valence-corrected chi connectivity index (χ0v) is 17.8. The molecular weight excluding hydrogens is 402 g/mol. The molecule has 3 aromatic rings. The van der Waals surface area contributed by atoms with Crippen LogP contribution >= 0.6 is 0 Å². The van der Waals surface area contributed by atoms with E-state index in [2.05, 4.69) is 4.57 Å². The molecule has 0 spiro atoms. The van der Waals surface area contributed by atoms with Gasteiger partial charge < -0.3 is 23.2 Å². The summed E-state index contributed by atoms with van der Waals surface area (Å²) in [7, 11) is 1.65. The second-order valence-corrected chi connectivity index (χ2v) is 7.11. The summed E-state index contributed by atoms with van der Waals surface area (Å²) in [6.07, 6.45) is 0.838. The highest BCUT2D eigenvalue weighted by atomic mass is 16.6. The first-order valence-electron chi connectivity index (χ1n) is 9.90. The highest BCUT2D eigenvalue weighted by Gasteiger charge is 2.17. The van der Waals surface area contributed by atoms with E-state index in [9.17, 15) is 14.4 Å².